The Hall–Kier alpha value is -2.87. The van der Waals surface area contributed by atoms with E-state index in [4.69, 9.17) is 9.47 Å². The monoisotopic (exact) mass is 496 g/mol. The van der Waals surface area contributed by atoms with Crippen LogP contribution < -0.4 is 4.74 Å². The summed E-state index contributed by atoms with van der Waals surface area (Å²) in [7, 11) is 0. The number of likely N-dealkylation sites (tertiary alicyclic amines) is 1. The van der Waals surface area contributed by atoms with Crippen LogP contribution in [-0.4, -0.2) is 76.2 Å². The van der Waals surface area contributed by atoms with E-state index in [0.29, 0.717) is 44.0 Å². The number of aromatic nitrogens is 2. The first-order valence-electron chi connectivity index (χ1n) is 13.6. The maximum absolute atomic E-state index is 13.4. The standard InChI is InChI=1S/C28H40N4O4/c1-2-31-17-9-5-3-4-6-10-19-35-25-20-32(27(33)14-11-16-30-18-15-29-22-30)21-26(25)36-24-13-8-7-12-23(24)28(31)34/h7-8,12-13,15,18,22,25-26H,2-6,9-11,14,16-17,19-21H2,1H3/t25-,26-/m1/s1. The van der Waals surface area contributed by atoms with E-state index < -0.39 is 0 Å². The molecular weight excluding hydrogens is 456 g/mol. The van der Waals surface area contributed by atoms with Crippen molar-refractivity contribution in [2.45, 2.75) is 77.0 Å². The number of imidazole rings is 1. The normalized spacial score (nSPS) is 22.1. The van der Waals surface area contributed by atoms with E-state index in [1.165, 1.54) is 12.8 Å². The van der Waals surface area contributed by atoms with Gasteiger partial charge in [0.1, 0.15) is 18.0 Å². The molecular formula is C28H40N4O4. The van der Waals surface area contributed by atoms with Gasteiger partial charge in [0.25, 0.3) is 5.91 Å². The summed E-state index contributed by atoms with van der Waals surface area (Å²) in [5.41, 5.74) is 0.579. The summed E-state index contributed by atoms with van der Waals surface area (Å²) in [5, 5.41) is 0. The van der Waals surface area contributed by atoms with E-state index in [9.17, 15) is 9.59 Å². The van der Waals surface area contributed by atoms with Crippen molar-refractivity contribution in [3.8, 4) is 5.75 Å². The maximum Gasteiger partial charge on any atom is 0.257 e. The van der Waals surface area contributed by atoms with E-state index in [1.807, 2.05) is 51.8 Å². The number of amides is 2. The van der Waals surface area contributed by atoms with Crippen molar-refractivity contribution in [2.75, 3.05) is 32.8 Å². The van der Waals surface area contributed by atoms with E-state index in [2.05, 4.69) is 4.98 Å². The molecule has 0 N–H and O–H groups in total. The van der Waals surface area contributed by atoms with Crippen LogP contribution in [0, 0.1) is 0 Å². The molecule has 1 aromatic carbocycles. The summed E-state index contributed by atoms with van der Waals surface area (Å²) in [6.45, 7) is 5.88. The van der Waals surface area contributed by atoms with Gasteiger partial charge in [-0.2, -0.15) is 0 Å². The highest BCUT2D eigenvalue weighted by atomic mass is 16.5. The third kappa shape index (κ3) is 7.09. The molecule has 0 bridgehead atoms. The van der Waals surface area contributed by atoms with Crippen molar-refractivity contribution in [3.05, 3.63) is 48.5 Å². The number of rotatable bonds is 5. The Morgan fingerprint density at radius 1 is 1.06 bits per heavy atom. The molecule has 2 aliphatic rings. The number of aryl methyl sites for hydroxylation is 1. The van der Waals surface area contributed by atoms with Gasteiger partial charge in [-0.1, -0.05) is 37.8 Å². The maximum atomic E-state index is 13.4. The lowest BCUT2D eigenvalue weighted by molar-refractivity contribution is -0.130. The second kappa shape index (κ2) is 13.4. The molecule has 1 fully saturated rings. The van der Waals surface area contributed by atoms with Gasteiger partial charge in [-0.05, 0) is 38.3 Å². The smallest absolute Gasteiger partial charge is 0.257 e. The van der Waals surface area contributed by atoms with Gasteiger partial charge in [0.05, 0.1) is 25.0 Å². The molecule has 8 nitrogen and oxygen atoms in total. The van der Waals surface area contributed by atoms with Crippen molar-refractivity contribution in [1.29, 1.82) is 0 Å². The summed E-state index contributed by atoms with van der Waals surface area (Å²) in [6.07, 6.45) is 12.8. The minimum atomic E-state index is -0.306. The van der Waals surface area contributed by atoms with Gasteiger partial charge in [0.2, 0.25) is 5.91 Å². The number of carbonyl (C=O) groups is 2. The predicted molar refractivity (Wildman–Crippen MR) is 138 cm³/mol. The molecule has 0 aliphatic carbocycles. The van der Waals surface area contributed by atoms with Gasteiger partial charge in [-0.15, -0.1) is 0 Å². The fourth-order valence-electron chi connectivity index (χ4n) is 5.04. The predicted octanol–water partition coefficient (Wildman–Crippen LogP) is 4.15. The average Bonchev–Trinajstić information content (AvgIpc) is 3.55. The van der Waals surface area contributed by atoms with Crippen LogP contribution >= 0.6 is 0 Å². The van der Waals surface area contributed by atoms with E-state index in [-0.39, 0.29) is 24.0 Å². The molecule has 36 heavy (non-hydrogen) atoms. The second-order valence-corrected chi connectivity index (χ2v) is 9.77. The van der Waals surface area contributed by atoms with Gasteiger partial charge in [-0.3, -0.25) is 9.59 Å². The highest BCUT2D eigenvalue weighted by molar-refractivity contribution is 5.97. The number of ether oxygens (including phenoxy) is 2. The molecule has 4 rings (SSSR count). The molecule has 3 heterocycles. The Morgan fingerprint density at radius 2 is 1.83 bits per heavy atom. The molecule has 1 saturated heterocycles. The van der Waals surface area contributed by atoms with E-state index in [1.54, 1.807) is 12.5 Å². The first-order valence-corrected chi connectivity index (χ1v) is 13.6. The number of para-hydroxylation sites is 1. The van der Waals surface area contributed by atoms with Gasteiger partial charge in [0, 0.05) is 45.1 Å². The number of fused-ring (bicyclic) bond motifs is 2. The Bertz CT molecular complexity index is 964. The Morgan fingerprint density at radius 3 is 2.64 bits per heavy atom. The zero-order valence-electron chi connectivity index (χ0n) is 21.5. The molecule has 2 aromatic rings. The molecule has 0 unspecified atom stereocenters. The zero-order chi connectivity index (χ0) is 25.2. The number of hydrogen-bond donors (Lipinski definition) is 0. The highest BCUT2D eigenvalue weighted by Crippen LogP contribution is 2.26. The average molecular weight is 497 g/mol. The van der Waals surface area contributed by atoms with Crippen LogP contribution in [0.3, 0.4) is 0 Å². The van der Waals surface area contributed by atoms with Crippen molar-refractivity contribution < 1.29 is 19.1 Å². The molecule has 2 amide bonds. The third-order valence-electron chi connectivity index (χ3n) is 7.15. The molecule has 0 spiro atoms. The molecule has 8 heteroatoms. The number of hydrogen-bond acceptors (Lipinski definition) is 5. The fourth-order valence-corrected chi connectivity index (χ4v) is 5.04. The number of carbonyl (C=O) groups excluding carboxylic acids is 2. The Kier molecular flexibility index (Phi) is 9.78. The Balaban J connectivity index is 1.46. The van der Waals surface area contributed by atoms with Crippen molar-refractivity contribution >= 4 is 11.8 Å². The first-order chi connectivity index (χ1) is 17.7. The number of nitrogens with zero attached hydrogens (tertiary/aromatic N) is 4. The minimum absolute atomic E-state index is 0.00286. The van der Waals surface area contributed by atoms with Crippen LogP contribution in [0.2, 0.25) is 0 Å². The largest absolute Gasteiger partial charge is 0.485 e. The molecule has 2 atom stereocenters. The van der Waals surface area contributed by atoms with Crippen LogP contribution in [0.5, 0.6) is 5.75 Å². The van der Waals surface area contributed by atoms with Gasteiger partial charge >= 0.3 is 0 Å². The van der Waals surface area contributed by atoms with E-state index in [0.717, 1.165) is 45.2 Å². The van der Waals surface area contributed by atoms with Gasteiger partial charge < -0.3 is 23.8 Å². The molecule has 0 saturated carbocycles. The van der Waals surface area contributed by atoms with Gasteiger partial charge in [-0.25, -0.2) is 4.98 Å². The zero-order valence-corrected chi connectivity index (χ0v) is 21.5. The second-order valence-electron chi connectivity index (χ2n) is 9.77. The summed E-state index contributed by atoms with van der Waals surface area (Å²) in [6, 6.07) is 7.47. The van der Waals surface area contributed by atoms with Crippen molar-refractivity contribution in [2.24, 2.45) is 0 Å². The number of benzene rings is 1. The van der Waals surface area contributed by atoms with Crippen LogP contribution in [0.4, 0.5) is 0 Å². The quantitative estimate of drug-likeness (QED) is 0.621. The highest BCUT2D eigenvalue weighted by Gasteiger charge is 2.38. The fraction of sp³-hybridized carbons (Fsp3) is 0.607. The first kappa shape index (κ1) is 26.2. The van der Waals surface area contributed by atoms with E-state index >= 15 is 0 Å². The lowest BCUT2D eigenvalue weighted by Crippen LogP contribution is -2.35. The lowest BCUT2D eigenvalue weighted by Gasteiger charge is -2.25. The summed E-state index contributed by atoms with van der Waals surface area (Å²) < 4.78 is 14.7. The summed E-state index contributed by atoms with van der Waals surface area (Å²) in [4.78, 5) is 34.2. The molecule has 196 valence electrons. The van der Waals surface area contributed by atoms with Crippen LogP contribution in [0.15, 0.2) is 43.0 Å². The van der Waals surface area contributed by atoms with Crippen LogP contribution in [-0.2, 0) is 16.1 Å². The Labute approximate surface area is 214 Å². The molecule has 0 radical (unpaired) electrons. The van der Waals surface area contributed by atoms with Crippen molar-refractivity contribution in [1.82, 2.24) is 19.4 Å². The minimum Gasteiger partial charge on any atom is -0.485 e. The van der Waals surface area contributed by atoms with Crippen LogP contribution in [0.1, 0.15) is 68.6 Å². The lowest BCUT2D eigenvalue weighted by atomic mass is 10.1. The SMILES string of the molecule is CCN1CCCCCCCCO[C@@H]2CN(C(=O)CCCn3ccnc3)C[C@H]2Oc2ccccc2C1=O. The summed E-state index contributed by atoms with van der Waals surface area (Å²) >= 11 is 0. The topological polar surface area (TPSA) is 76.9 Å². The van der Waals surface area contributed by atoms with Gasteiger partial charge in [0.15, 0.2) is 0 Å². The van der Waals surface area contributed by atoms with Crippen LogP contribution in [0.25, 0.3) is 0 Å². The van der Waals surface area contributed by atoms with Crippen molar-refractivity contribution in [3.63, 3.8) is 0 Å². The molecule has 1 aromatic heterocycles. The molecule has 2 aliphatic heterocycles. The summed E-state index contributed by atoms with van der Waals surface area (Å²) in [5.74, 6) is 0.686. The third-order valence-corrected chi connectivity index (χ3v) is 7.15.